The summed E-state index contributed by atoms with van der Waals surface area (Å²) in [7, 11) is 1.59. The van der Waals surface area contributed by atoms with E-state index in [1.165, 1.54) is 0 Å². The van der Waals surface area contributed by atoms with Crippen LogP contribution in [0.3, 0.4) is 0 Å². The fourth-order valence-corrected chi connectivity index (χ4v) is 3.80. The maximum Gasteiger partial charge on any atom is 0.256 e. The molecule has 6 heteroatoms. The van der Waals surface area contributed by atoms with Crippen molar-refractivity contribution in [1.82, 2.24) is 4.98 Å². The predicted molar refractivity (Wildman–Crippen MR) is 130 cm³/mol. The summed E-state index contributed by atoms with van der Waals surface area (Å²) in [6.07, 6.45) is 3.67. The lowest BCUT2D eigenvalue weighted by Gasteiger charge is -2.09. The van der Waals surface area contributed by atoms with Gasteiger partial charge < -0.3 is 20.4 Å². The standard InChI is InChI=1S/C27H21N3O3/c1-33-22-11-6-18(7-12-22)26(31)29-20-9-4-17(5-10-20)19-8-13-23-24(16-21-3-2-14-28-21)27(32)30-25(23)15-19/h2-16,28H,1H3,(H,29,31)(H,30,32)/b24-16-. The molecule has 1 aliphatic rings. The van der Waals surface area contributed by atoms with Crippen LogP contribution in [0.15, 0.2) is 85.1 Å². The first-order valence-electron chi connectivity index (χ1n) is 10.5. The molecule has 0 saturated heterocycles. The lowest BCUT2D eigenvalue weighted by Crippen LogP contribution is -2.11. The molecular weight excluding hydrogens is 414 g/mol. The number of aromatic amines is 1. The topological polar surface area (TPSA) is 83.2 Å². The Morgan fingerprint density at radius 2 is 1.70 bits per heavy atom. The molecule has 6 nitrogen and oxygen atoms in total. The van der Waals surface area contributed by atoms with Crippen LogP contribution in [0.1, 0.15) is 21.6 Å². The number of methoxy groups -OCH3 is 1. The molecule has 3 N–H and O–H groups in total. The summed E-state index contributed by atoms with van der Waals surface area (Å²) in [5.74, 6) is 0.397. The highest BCUT2D eigenvalue weighted by Gasteiger charge is 2.24. The van der Waals surface area contributed by atoms with Gasteiger partial charge in [-0.05, 0) is 71.8 Å². The van der Waals surface area contributed by atoms with Crippen molar-refractivity contribution in [2.24, 2.45) is 0 Å². The van der Waals surface area contributed by atoms with E-state index in [4.69, 9.17) is 4.74 Å². The summed E-state index contributed by atoms with van der Waals surface area (Å²) in [5, 5.41) is 5.85. The number of carbonyl (C=O) groups is 2. The second-order valence-electron chi connectivity index (χ2n) is 7.66. The van der Waals surface area contributed by atoms with Gasteiger partial charge in [-0.25, -0.2) is 0 Å². The second kappa shape index (κ2) is 8.51. The SMILES string of the molecule is COc1ccc(C(=O)Nc2ccc(-c3ccc4c(c3)NC(=O)/C4=C\c3ccc[nH]3)cc2)cc1. The molecule has 0 saturated carbocycles. The van der Waals surface area contributed by atoms with Gasteiger partial charge in [0.2, 0.25) is 0 Å². The zero-order valence-electron chi connectivity index (χ0n) is 17.9. The summed E-state index contributed by atoms with van der Waals surface area (Å²) in [5.41, 5.74) is 6.39. The minimum absolute atomic E-state index is 0.117. The first-order valence-corrected chi connectivity index (χ1v) is 10.5. The average molecular weight is 435 g/mol. The lowest BCUT2D eigenvalue weighted by atomic mass is 10.00. The van der Waals surface area contributed by atoms with Crippen LogP contribution in [0.25, 0.3) is 22.8 Å². The highest BCUT2D eigenvalue weighted by atomic mass is 16.5. The van der Waals surface area contributed by atoms with Crippen LogP contribution in [-0.4, -0.2) is 23.9 Å². The van der Waals surface area contributed by atoms with Crippen LogP contribution >= 0.6 is 0 Å². The molecule has 1 aliphatic heterocycles. The number of H-pyrrole nitrogens is 1. The molecule has 5 rings (SSSR count). The van der Waals surface area contributed by atoms with E-state index in [0.29, 0.717) is 22.6 Å². The van der Waals surface area contributed by atoms with Crippen LogP contribution in [0, 0.1) is 0 Å². The normalized spacial score (nSPS) is 13.5. The van der Waals surface area contributed by atoms with Crippen molar-refractivity contribution in [2.75, 3.05) is 17.7 Å². The molecule has 33 heavy (non-hydrogen) atoms. The van der Waals surface area contributed by atoms with Crippen LogP contribution in [0.2, 0.25) is 0 Å². The van der Waals surface area contributed by atoms with Gasteiger partial charge in [0.1, 0.15) is 5.75 Å². The van der Waals surface area contributed by atoms with Gasteiger partial charge >= 0.3 is 0 Å². The van der Waals surface area contributed by atoms with E-state index in [0.717, 1.165) is 28.1 Å². The van der Waals surface area contributed by atoms with E-state index in [1.807, 2.05) is 66.9 Å². The Morgan fingerprint density at radius 1 is 0.939 bits per heavy atom. The Balaban J connectivity index is 1.33. The van der Waals surface area contributed by atoms with Crippen molar-refractivity contribution in [3.63, 3.8) is 0 Å². The first-order chi connectivity index (χ1) is 16.1. The summed E-state index contributed by atoms with van der Waals surface area (Å²) in [6.45, 7) is 0. The van der Waals surface area contributed by atoms with E-state index in [-0.39, 0.29) is 11.8 Å². The van der Waals surface area contributed by atoms with Gasteiger partial charge in [0.05, 0.1) is 12.7 Å². The molecule has 2 heterocycles. The Morgan fingerprint density at radius 3 is 2.39 bits per heavy atom. The summed E-state index contributed by atoms with van der Waals surface area (Å²) in [4.78, 5) is 28.0. The third-order valence-electron chi connectivity index (χ3n) is 5.55. The summed E-state index contributed by atoms with van der Waals surface area (Å²) >= 11 is 0. The van der Waals surface area contributed by atoms with E-state index in [9.17, 15) is 9.59 Å². The molecule has 4 aromatic rings. The predicted octanol–water partition coefficient (Wildman–Crippen LogP) is 5.44. The summed E-state index contributed by atoms with van der Waals surface area (Å²) < 4.78 is 5.13. The Bertz CT molecular complexity index is 1350. The van der Waals surface area contributed by atoms with Gasteiger partial charge in [-0.1, -0.05) is 24.3 Å². The van der Waals surface area contributed by atoms with E-state index >= 15 is 0 Å². The Labute approximate surface area is 190 Å². The monoisotopic (exact) mass is 435 g/mol. The molecule has 1 aromatic heterocycles. The molecule has 0 unspecified atom stereocenters. The number of carbonyl (C=O) groups excluding carboxylic acids is 2. The number of ether oxygens (including phenoxy) is 1. The van der Waals surface area contributed by atoms with Gasteiger partial charge in [0.15, 0.2) is 0 Å². The molecule has 3 aromatic carbocycles. The van der Waals surface area contributed by atoms with Crippen LogP contribution in [0.4, 0.5) is 11.4 Å². The molecule has 0 spiro atoms. The maximum atomic E-state index is 12.5. The van der Waals surface area contributed by atoms with Gasteiger partial charge in [-0.3, -0.25) is 9.59 Å². The number of benzene rings is 3. The van der Waals surface area contributed by atoms with Crippen molar-refractivity contribution >= 4 is 34.8 Å². The smallest absolute Gasteiger partial charge is 0.256 e. The number of nitrogens with one attached hydrogen (secondary N) is 3. The highest BCUT2D eigenvalue weighted by Crippen LogP contribution is 2.36. The third kappa shape index (κ3) is 4.14. The Hall–Kier alpha value is -4.58. The Kier molecular flexibility index (Phi) is 5.24. The average Bonchev–Trinajstić information content (AvgIpc) is 3.47. The highest BCUT2D eigenvalue weighted by molar-refractivity contribution is 6.35. The lowest BCUT2D eigenvalue weighted by molar-refractivity contribution is -0.110. The van der Waals surface area contributed by atoms with Gasteiger partial charge in [0, 0.05) is 34.4 Å². The van der Waals surface area contributed by atoms with Crippen molar-refractivity contribution in [2.45, 2.75) is 0 Å². The van der Waals surface area contributed by atoms with Gasteiger partial charge in [0.25, 0.3) is 11.8 Å². The number of hydrogen-bond acceptors (Lipinski definition) is 3. The molecule has 0 radical (unpaired) electrons. The van der Waals surface area contributed by atoms with Gasteiger partial charge in [-0.2, -0.15) is 0 Å². The first kappa shape index (κ1) is 20.3. The molecule has 2 amide bonds. The quantitative estimate of drug-likeness (QED) is 0.365. The number of fused-ring (bicyclic) bond motifs is 1. The van der Waals surface area contributed by atoms with Gasteiger partial charge in [-0.15, -0.1) is 0 Å². The van der Waals surface area contributed by atoms with Crippen molar-refractivity contribution in [3.05, 3.63) is 102 Å². The number of rotatable bonds is 5. The minimum Gasteiger partial charge on any atom is -0.497 e. The number of anilines is 2. The van der Waals surface area contributed by atoms with Crippen molar-refractivity contribution in [3.8, 4) is 16.9 Å². The minimum atomic E-state index is -0.188. The number of amides is 2. The van der Waals surface area contributed by atoms with Crippen molar-refractivity contribution < 1.29 is 14.3 Å². The van der Waals surface area contributed by atoms with E-state index in [2.05, 4.69) is 15.6 Å². The van der Waals surface area contributed by atoms with Crippen LogP contribution in [0.5, 0.6) is 5.75 Å². The zero-order chi connectivity index (χ0) is 22.8. The molecule has 0 bridgehead atoms. The third-order valence-corrected chi connectivity index (χ3v) is 5.55. The fourth-order valence-electron chi connectivity index (χ4n) is 3.80. The molecule has 0 fully saturated rings. The maximum absolute atomic E-state index is 12.5. The summed E-state index contributed by atoms with van der Waals surface area (Å²) in [6, 6.07) is 24.3. The van der Waals surface area contributed by atoms with Crippen LogP contribution in [-0.2, 0) is 4.79 Å². The van der Waals surface area contributed by atoms with Crippen molar-refractivity contribution in [1.29, 1.82) is 0 Å². The van der Waals surface area contributed by atoms with E-state index in [1.54, 1.807) is 31.4 Å². The number of hydrogen-bond donors (Lipinski definition) is 3. The number of aromatic nitrogens is 1. The molecular formula is C27H21N3O3. The largest absolute Gasteiger partial charge is 0.497 e. The molecule has 0 atom stereocenters. The second-order valence-corrected chi connectivity index (χ2v) is 7.66. The molecule has 0 aliphatic carbocycles. The fraction of sp³-hybridized carbons (Fsp3) is 0.0370. The zero-order valence-corrected chi connectivity index (χ0v) is 17.9. The van der Waals surface area contributed by atoms with Crippen LogP contribution < -0.4 is 15.4 Å². The van der Waals surface area contributed by atoms with E-state index < -0.39 is 0 Å². The molecule has 162 valence electrons.